The maximum Gasteiger partial charge on any atom is 0.400 e. The second-order valence-corrected chi connectivity index (χ2v) is 12.0. The van der Waals surface area contributed by atoms with E-state index in [1.807, 2.05) is 0 Å². The Balaban J connectivity index is 1.14. The first-order chi connectivity index (χ1) is 20.0. The second-order valence-electron chi connectivity index (χ2n) is 12.0. The molecule has 1 saturated heterocycles. The molecule has 10 heteroatoms. The average molecular weight is 601 g/mol. The lowest BCUT2D eigenvalue weighted by atomic mass is 9.69. The van der Waals surface area contributed by atoms with E-state index < -0.39 is 52.4 Å². The van der Waals surface area contributed by atoms with Gasteiger partial charge in [-0.15, -0.1) is 0 Å². The van der Waals surface area contributed by atoms with Crippen molar-refractivity contribution < 1.29 is 44.9 Å². The fourth-order valence-corrected chi connectivity index (χ4v) is 6.57. The van der Waals surface area contributed by atoms with Crippen molar-refractivity contribution in [3.63, 3.8) is 0 Å². The number of hydrogen-bond donors (Lipinski definition) is 0. The predicted octanol–water partition coefficient (Wildman–Crippen LogP) is 9.15. The monoisotopic (exact) mass is 600 g/mol. The van der Waals surface area contributed by atoms with Gasteiger partial charge in [0.15, 0.2) is 23.7 Å². The minimum atomic E-state index is -3.62. The van der Waals surface area contributed by atoms with Crippen LogP contribution in [0.5, 0.6) is 5.75 Å². The Morgan fingerprint density at radius 1 is 0.690 bits per heavy atom. The van der Waals surface area contributed by atoms with Crippen LogP contribution in [0.4, 0.5) is 30.7 Å². The molecule has 2 aromatic rings. The van der Waals surface area contributed by atoms with Crippen LogP contribution in [0, 0.1) is 58.7 Å². The fraction of sp³-hybridized carbons (Fsp3) is 0.562. The van der Waals surface area contributed by atoms with Crippen LogP contribution in [0.2, 0.25) is 0 Å². The highest BCUT2D eigenvalue weighted by molar-refractivity contribution is 5.70. The summed E-state index contributed by atoms with van der Waals surface area (Å²) in [5.41, 5.74) is -0.801. The van der Waals surface area contributed by atoms with Crippen LogP contribution < -0.4 is 4.74 Å². The van der Waals surface area contributed by atoms with Gasteiger partial charge in [-0.2, -0.15) is 8.78 Å². The van der Waals surface area contributed by atoms with Gasteiger partial charge in [0.1, 0.15) is 17.4 Å². The third-order valence-corrected chi connectivity index (χ3v) is 8.96. The Morgan fingerprint density at radius 2 is 1.19 bits per heavy atom. The summed E-state index contributed by atoms with van der Waals surface area (Å²) >= 11 is 0. The van der Waals surface area contributed by atoms with E-state index in [9.17, 15) is 22.0 Å². The minimum Gasteiger partial charge on any atom is -0.432 e. The first kappa shape index (κ1) is 30.9. The maximum atomic E-state index is 15.1. The van der Waals surface area contributed by atoms with E-state index in [2.05, 4.69) is 6.92 Å². The fourth-order valence-electron chi connectivity index (χ4n) is 6.57. The summed E-state index contributed by atoms with van der Waals surface area (Å²) in [5, 5.41) is 0. The second kappa shape index (κ2) is 13.0. The molecular weight excluding hydrogens is 565 g/mol. The molecule has 1 heterocycles. The van der Waals surface area contributed by atoms with Crippen molar-refractivity contribution in [2.75, 3.05) is 13.2 Å². The van der Waals surface area contributed by atoms with E-state index in [0.717, 1.165) is 37.8 Å². The average Bonchev–Trinajstić information content (AvgIpc) is 2.96. The van der Waals surface area contributed by atoms with E-state index in [1.54, 1.807) is 0 Å². The minimum absolute atomic E-state index is 0.141. The van der Waals surface area contributed by atoms with Crippen molar-refractivity contribution in [3.05, 3.63) is 64.5 Å². The van der Waals surface area contributed by atoms with Crippen LogP contribution in [-0.4, -0.2) is 25.6 Å². The molecule has 2 aliphatic carbocycles. The van der Waals surface area contributed by atoms with Gasteiger partial charge in [0.2, 0.25) is 0 Å². The van der Waals surface area contributed by atoms with E-state index >= 15 is 8.78 Å². The molecule has 2 saturated carbocycles. The summed E-state index contributed by atoms with van der Waals surface area (Å²) in [6.45, 7) is 3.53. The lowest BCUT2D eigenvalue weighted by molar-refractivity contribution is -0.229. The third kappa shape index (κ3) is 7.13. The molecule has 230 valence electrons. The molecule has 0 amide bonds. The van der Waals surface area contributed by atoms with Crippen LogP contribution in [-0.2, 0) is 9.47 Å². The number of rotatable bonds is 7. The van der Waals surface area contributed by atoms with Crippen molar-refractivity contribution in [1.82, 2.24) is 0 Å². The van der Waals surface area contributed by atoms with Crippen LogP contribution in [0.3, 0.4) is 0 Å². The topological polar surface area (TPSA) is 27.7 Å². The highest BCUT2D eigenvalue weighted by Gasteiger charge is 2.45. The van der Waals surface area contributed by atoms with Crippen molar-refractivity contribution in [2.24, 2.45) is 29.6 Å². The molecule has 2 aromatic carbocycles. The van der Waals surface area contributed by atoms with E-state index in [4.69, 9.17) is 14.2 Å². The van der Waals surface area contributed by atoms with Gasteiger partial charge in [-0.25, -0.2) is 22.0 Å². The zero-order valence-corrected chi connectivity index (χ0v) is 23.4. The summed E-state index contributed by atoms with van der Waals surface area (Å²) in [4.78, 5) is 0. The number of hydrogen-bond acceptors (Lipinski definition) is 3. The molecule has 0 aromatic heterocycles. The van der Waals surface area contributed by atoms with Crippen LogP contribution in [0.15, 0.2) is 24.3 Å². The first-order valence-corrected chi connectivity index (χ1v) is 14.6. The summed E-state index contributed by atoms with van der Waals surface area (Å²) < 4.78 is 116. The van der Waals surface area contributed by atoms with Crippen molar-refractivity contribution in [1.29, 1.82) is 0 Å². The summed E-state index contributed by atoms with van der Waals surface area (Å²) in [6, 6.07) is 2.61. The van der Waals surface area contributed by atoms with Gasteiger partial charge in [0, 0.05) is 29.5 Å². The number of benzene rings is 2. The zero-order chi connectivity index (χ0) is 30.0. The van der Waals surface area contributed by atoms with Gasteiger partial charge in [-0.1, -0.05) is 13.0 Å². The van der Waals surface area contributed by atoms with Crippen LogP contribution in [0.1, 0.15) is 69.4 Å². The Hall–Kier alpha value is -2.59. The van der Waals surface area contributed by atoms with Gasteiger partial charge in [0.05, 0.1) is 19.1 Å². The maximum absolute atomic E-state index is 15.1. The molecule has 5 rings (SSSR count). The Bertz CT molecular complexity index is 1210. The molecule has 1 aliphatic heterocycles. The predicted molar refractivity (Wildman–Crippen MR) is 143 cm³/mol. The molecule has 3 nitrogen and oxygen atoms in total. The van der Waals surface area contributed by atoms with Gasteiger partial charge in [-0.05, 0) is 87.0 Å². The lowest BCUT2D eigenvalue weighted by Gasteiger charge is -2.41. The molecule has 3 fully saturated rings. The largest absolute Gasteiger partial charge is 0.432 e. The summed E-state index contributed by atoms with van der Waals surface area (Å²) in [5.74, 6) is -7.10. The van der Waals surface area contributed by atoms with Crippen LogP contribution >= 0.6 is 0 Å². The Labute approximate surface area is 241 Å². The zero-order valence-electron chi connectivity index (χ0n) is 23.4. The molecule has 0 bridgehead atoms. The standard InChI is InChI=1S/C32H35F7O3/c1-18-16-40-31(41-17-18)22-5-3-20(4-6-22)21-7-9-23(10-8-21)32(38,39)42-24-14-26(33)25(27(34)15-24)11-2-19-12-28(35)30(37)29(36)13-19/h2,11-15,18,20-23,31H,3-10,16-17H2,1H3/b11-2+. The van der Waals surface area contributed by atoms with Gasteiger partial charge >= 0.3 is 6.11 Å². The molecule has 0 N–H and O–H groups in total. The quantitative estimate of drug-likeness (QED) is 0.180. The van der Waals surface area contributed by atoms with Crippen molar-refractivity contribution >= 4 is 12.2 Å². The SMILES string of the molecule is CC1COC(C2CCC(C3CCC(C(F)(F)Oc4cc(F)c(/C=C/c5cc(F)c(F)c(F)c5)c(F)c4)CC3)CC2)OC1. The highest BCUT2D eigenvalue weighted by atomic mass is 19.3. The van der Waals surface area contributed by atoms with E-state index in [1.165, 1.54) is 0 Å². The van der Waals surface area contributed by atoms with E-state index in [0.29, 0.717) is 74.0 Å². The van der Waals surface area contributed by atoms with Gasteiger partial charge in [-0.3, -0.25) is 0 Å². The van der Waals surface area contributed by atoms with Crippen LogP contribution in [0.25, 0.3) is 12.2 Å². The Morgan fingerprint density at radius 3 is 1.74 bits per heavy atom. The molecule has 0 spiro atoms. The molecule has 0 radical (unpaired) electrons. The third-order valence-electron chi connectivity index (χ3n) is 8.96. The smallest absolute Gasteiger partial charge is 0.400 e. The van der Waals surface area contributed by atoms with Gasteiger partial charge < -0.3 is 14.2 Å². The number of halogens is 7. The number of ether oxygens (including phenoxy) is 3. The molecule has 0 unspecified atom stereocenters. The van der Waals surface area contributed by atoms with Crippen molar-refractivity contribution in [3.8, 4) is 5.75 Å². The molecule has 0 atom stereocenters. The first-order valence-electron chi connectivity index (χ1n) is 14.6. The van der Waals surface area contributed by atoms with Crippen molar-refractivity contribution in [2.45, 2.75) is 70.7 Å². The summed E-state index contributed by atoms with van der Waals surface area (Å²) in [7, 11) is 0. The van der Waals surface area contributed by atoms with E-state index in [-0.39, 0.29) is 24.7 Å². The normalized spacial score (nSPS) is 29.1. The van der Waals surface area contributed by atoms with Gasteiger partial charge in [0.25, 0.3) is 0 Å². The lowest BCUT2D eigenvalue weighted by Crippen LogP contribution is -2.40. The number of alkyl halides is 2. The molecular formula is C32H35F7O3. The molecule has 3 aliphatic rings. The molecule has 42 heavy (non-hydrogen) atoms. The highest BCUT2D eigenvalue weighted by Crippen LogP contribution is 2.46. The summed E-state index contributed by atoms with van der Waals surface area (Å²) in [6.07, 6.45) is 3.94. The Kier molecular flexibility index (Phi) is 9.52.